The topological polar surface area (TPSA) is 125 Å². The van der Waals surface area contributed by atoms with Gasteiger partial charge in [-0.3, -0.25) is 19.7 Å². The fourth-order valence-electron chi connectivity index (χ4n) is 3.76. The summed E-state index contributed by atoms with van der Waals surface area (Å²) in [6.45, 7) is 1.64. The first-order valence-electron chi connectivity index (χ1n) is 11.9. The summed E-state index contributed by atoms with van der Waals surface area (Å²) in [6.07, 6.45) is -1.35. The molecule has 4 rings (SSSR count). The number of nitro benzene ring substituents is 1. The van der Waals surface area contributed by atoms with Crippen molar-refractivity contribution in [3.05, 3.63) is 135 Å². The number of carbonyl (C=O) groups is 3. The minimum absolute atomic E-state index is 0.0976. The maximum Gasteiger partial charge on any atom is 0.339 e. The molecular weight excluding hydrogens is 500 g/mol. The lowest BCUT2D eigenvalue weighted by atomic mass is 9.99. The number of esters is 1. The lowest BCUT2D eigenvalue weighted by molar-refractivity contribution is -0.384. The third-order valence-electron chi connectivity index (χ3n) is 5.76. The summed E-state index contributed by atoms with van der Waals surface area (Å²) in [5.74, 6) is -1.14. The van der Waals surface area contributed by atoms with E-state index in [4.69, 9.17) is 9.47 Å². The van der Waals surface area contributed by atoms with E-state index in [2.05, 4.69) is 5.32 Å². The zero-order valence-corrected chi connectivity index (χ0v) is 20.9. The largest absolute Gasteiger partial charge is 0.483 e. The van der Waals surface area contributed by atoms with Crippen molar-refractivity contribution in [2.75, 3.05) is 11.9 Å². The van der Waals surface area contributed by atoms with E-state index in [0.29, 0.717) is 17.0 Å². The van der Waals surface area contributed by atoms with E-state index in [0.717, 1.165) is 5.56 Å². The van der Waals surface area contributed by atoms with Crippen molar-refractivity contribution in [1.29, 1.82) is 0 Å². The van der Waals surface area contributed by atoms with E-state index in [9.17, 15) is 24.5 Å². The lowest BCUT2D eigenvalue weighted by Crippen LogP contribution is -2.21. The molecule has 0 spiro atoms. The summed E-state index contributed by atoms with van der Waals surface area (Å²) in [4.78, 5) is 49.3. The molecule has 1 atom stereocenters. The Morgan fingerprint density at radius 2 is 1.51 bits per heavy atom. The number of hydrogen-bond acceptors (Lipinski definition) is 7. The van der Waals surface area contributed by atoms with Crippen LogP contribution in [0.5, 0.6) is 5.75 Å². The van der Waals surface area contributed by atoms with Crippen LogP contribution < -0.4 is 10.1 Å². The van der Waals surface area contributed by atoms with Crippen LogP contribution in [0.25, 0.3) is 0 Å². The number of ketones is 1. The SMILES string of the molecule is Cc1ccccc1OCC(=O)Nc1cccc(C(=O)O[C@H](C(=O)c2ccccc2)c2ccc([N+](=O)[O-])cc2)c1. The molecule has 9 nitrogen and oxygen atoms in total. The Morgan fingerprint density at radius 1 is 0.846 bits per heavy atom. The van der Waals surface area contributed by atoms with E-state index in [1.54, 1.807) is 48.5 Å². The maximum atomic E-state index is 13.3. The summed E-state index contributed by atoms with van der Waals surface area (Å²) < 4.78 is 11.2. The van der Waals surface area contributed by atoms with Gasteiger partial charge in [0.15, 0.2) is 12.7 Å². The number of benzene rings is 4. The number of hydrogen-bond donors (Lipinski definition) is 1. The van der Waals surface area contributed by atoms with Gasteiger partial charge in [-0.05, 0) is 48.9 Å². The van der Waals surface area contributed by atoms with Crippen molar-refractivity contribution < 1.29 is 28.8 Å². The lowest BCUT2D eigenvalue weighted by Gasteiger charge is -2.18. The van der Waals surface area contributed by atoms with Crippen molar-refractivity contribution >= 4 is 29.0 Å². The zero-order chi connectivity index (χ0) is 27.8. The van der Waals surface area contributed by atoms with Crippen LogP contribution in [0.1, 0.15) is 37.9 Å². The Bertz CT molecular complexity index is 1500. The summed E-state index contributed by atoms with van der Waals surface area (Å²) in [5, 5.41) is 13.7. The Labute approximate surface area is 224 Å². The molecule has 1 N–H and O–H groups in total. The number of nitrogens with zero attached hydrogens (tertiary/aromatic N) is 1. The second kappa shape index (κ2) is 12.3. The number of anilines is 1. The van der Waals surface area contributed by atoms with Crippen LogP contribution in [0, 0.1) is 17.0 Å². The Morgan fingerprint density at radius 3 is 2.21 bits per heavy atom. The summed E-state index contributed by atoms with van der Waals surface area (Å²) in [7, 11) is 0. The number of Topliss-reactive ketones (excluding diaryl/α,β-unsaturated/α-hetero) is 1. The van der Waals surface area contributed by atoms with Crippen LogP contribution in [0.2, 0.25) is 0 Å². The van der Waals surface area contributed by atoms with Gasteiger partial charge in [-0.15, -0.1) is 0 Å². The van der Waals surface area contributed by atoms with Gasteiger partial charge in [-0.25, -0.2) is 4.79 Å². The number of nitrogens with one attached hydrogen (secondary N) is 1. The maximum absolute atomic E-state index is 13.3. The quantitative estimate of drug-likeness (QED) is 0.122. The molecule has 0 aromatic heterocycles. The Kier molecular flexibility index (Phi) is 8.43. The predicted molar refractivity (Wildman–Crippen MR) is 144 cm³/mol. The van der Waals surface area contributed by atoms with Gasteiger partial charge in [0.2, 0.25) is 5.78 Å². The number of non-ortho nitro benzene ring substituents is 1. The number of rotatable bonds is 10. The highest BCUT2D eigenvalue weighted by molar-refractivity contribution is 6.02. The first-order valence-corrected chi connectivity index (χ1v) is 11.9. The molecule has 196 valence electrons. The van der Waals surface area contributed by atoms with Crippen LogP contribution in [0.15, 0.2) is 103 Å². The molecule has 4 aromatic carbocycles. The fourth-order valence-corrected chi connectivity index (χ4v) is 3.76. The van der Waals surface area contributed by atoms with Gasteiger partial charge in [0.1, 0.15) is 5.75 Å². The first-order chi connectivity index (χ1) is 18.8. The predicted octanol–water partition coefficient (Wildman–Crippen LogP) is 5.70. The van der Waals surface area contributed by atoms with Crippen molar-refractivity contribution in [2.45, 2.75) is 13.0 Å². The molecule has 0 heterocycles. The van der Waals surface area contributed by atoms with Crippen LogP contribution >= 0.6 is 0 Å². The van der Waals surface area contributed by atoms with Crippen molar-refractivity contribution in [1.82, 2.24) is 0 Å². The highest BCUT2D eigenvalue weighted by Gasteiger charge is 2.27. The van der Waals surface area contributed by atoms with Crippen molar-refractivity contribution in [3.63, 3.8) is 0 Å². The van der Waals surface area contributed by atoms with Gasteiger partial charge in [0.25, 0.3) is 11.6 Å². The Balaban J connectivity index is 1.49. The molecule has 1 amide bonds. The smallest absolute Gasteiger partial charge is 0.339 e. The highest BCUT2D eigenvalue weighted by atomic mass is 16.6. The number of para-hydroxylation sites is 1. The molecule has 0 saturated heterocycles. The number of amides is 1. The molecule has 0 aliphatic rings. The minimum atomic E-state index is -1.35. The third-order valence-corrected chi connectivity index (χ3v) is 5.76. The third kappa shape index (κ3) is 6.92. The molecule has 0 radical (unpaired) electrons. The number of aryl methyl sites for hydroxylation is 1. The molecule has 4 aromatic rings. The average molecular weight is 525 g/mol. The average Bonchev–Trinajstić information content (AvgIpc) is 2.95. The summed E-state index contributed by atoms with van der Waals surface area (Å²) in [5.41, 5.74) is 1.75. The minimum Gasteiger partial charge on any atom is -0.483 e. The second-order valence-electron chi connectivity index (χ2n) is 8.55. The summed E-state index contributed by atoms with van der Waals surface area (Å²) >= 11 is 0. The fraction of sp³-hybridized carbons (Fsp3) is 0.100. The summed E-state index contributed by atoms with van der Waals surface area (Å²) in [6, 6.07) is 26.9. The number of nitro groups is 1. The monoisotopic (exact) mass is 524 g/mol. The normalized spacial score (nSPS) is 11.2. The molecule has 0 unspecified atom stereocenters. The zero-order valence-electron chi connectivity index (χ0n) is 20.9. The van der Waals surface area contributed by atoms with E-state index in [-0.39, 0.29) is 23.4 Å². The molecule has 0 saturated carbocycles. The second-order valence-corrected chi connectivity index (χ2v) is 8.55. The first kappa shape index (κ1) is 26.7. The molecule has 39 heavy (non-hydrogen) atoms. The van der Waals surface area contributed by atoms with Crippen LogP contribution in [0.4, 0.5) is 11.4 Å². The standard InChI is InChI=1S/C30H24N2O7/c1-20-8-5-6-13-26(20)38-19-27(33)31-24-12-7-11-23(18-24)30(35)39-29(28(34)21-9-3-2-4-10-21)22-14-16-25(17-15-22)32(36)37/h2-18,29H,19H2,1H3,(H,31,33)/t29-/m0/s1. The molecule has 0 fully saturated rings. The van der Waals surface area contributed by atoms with Gasteiger partial charge < -0.3 is 14.8 Å². The molecular formula is C30H24N2O7. The molecule has 9 heteroatoms. The molecule has 0 bridgehead atoms. The van der Waals surface area contributed by atoms with Crippen molar-refractivity contribution in [2.24, 2.45) is 0 Å². The van der Waals surface area contributed by atoms with E-state index in [1.807, 2.05) is 25.1 Å². The van der Waals surface area contributed by atoms with Crippen molar-refractivity contribution in [3.8, 4) is 5.75 Å². The van der Waals surface area contributed by atoms with Crippen LogP contribution in [0.3, 0.4) is 0 Å². The number of carbonyl (C=O) groups excluding carboxylic acids is 3. The Hall–Kier alpha value is -5.31. The van der Waals surface area contributed by atoms with Gasteiger partial charge >= 0.3 is 5.97 Å². The van der Waals surface area contributed by atoms with Crippen LogP contribution in [-0.2, 0) is 9.53 Å². The van der Waals surface area contributed by atoms with E-state index < -0.39 is 28.7 Å². The van der Waals surface area contributed by atoms with Gasteiger partial charge in [-0.1, -0.05) is 54.6 Å². The highest BCUT2D eigenvalue weighted by Crippen LogP contribution is 2.26. The van der Waals surface area contributed by atoms with E-state index in [1.165, 1.54) is 36.4 Å². The molecule has 0 aliphatic heterocycles. The number of ether oxygens (including phenoxy) is 2. The van der Waals surface area contributed by atoms with Gasteiger partial charge in [-0.2, -0.15) is 0 Å². The molecule has 0 aliphatic carbocycles. The van der Waals surface area contributed by atoms with E-state index >= 15 is 0 Å². The van der Waals surface area contributed by atoms with Gasteiger partial charge in [0, 0.05) is 28.9 Å². The van der Waals surface area contributed by atoms with Gasteiger partial charge in [0.05, 0.1) is 10.5 Å². The van der Waals surface area contributed by atoms with Crippen LogP contribution in [-0.4, -0.2) is 29.2 Å².